The molecule has 19 heavy (non-hydrogen) atoms. The first kappa shape index (κ1) is 13.5. The van der Waals surface area contributed by atoms with Gasteiger partial charge >= 0.3 is 5.97 Å². The van der Waals surface area contributed by atoms with Crippen molar-refractivity contribution >= 4 is 33.3 Å². The highest BCUT2D eigenvalue weighted by atomic mass is 79.9. The summed E-state index contributed by atoms with van der Waals surface area (Å²) in [4.78, 5) is 15.0. The van der Waals surface area contributed by atoms with Crippen LogP contribution in [0.25, 0.3) is 0 Å². The molecular weight excluding hydrogens is 315 g/mol. The van der Waals surface area contributed by atoms with Crippen molar-refractivity contribution in [1.82, 2.24) is 4.98 Å². The quantitative estimate of drug-likeness (QED) is 0.902. The third-order valence-corrected chi connectivity index (χ3v) is 3.20. The zero-order valence-electron chi connectivity index (χ0n) is 9.95. The average Bonchev–Trinajstić information content (AvgIpc) is 2.36. The molecule has 0 saturated carbocycles. The lowest BCUT2D eigenvalue weighted by Crippen LogP contribution is -2.04. The second-order valence-corrected chi connectivity index (χ2v) is 4.79. The molecule has 0 atom stereocenters. The van der Waals surface area contributed by atoms with Gasteiger partial charge in [-0.05, 0) is 46.6 Å². The second kappa shape index (κ2) is 5.36. The number of aromatic nitrogens is 1. The van der Waals surface area contributed by atoms with E-state index < -0.39 is 5.97 Å². The predicted molar refractivity (Wildman–Crippen MR) is 73.3 cm³/mol. The zero-order chi connectivity index (χ0) is 14.0. The number of hydrogen-bond acceptors (Lipinski definition) is 3. The Kier molecular flexibility index (Phi) is 3.80. The summed E-state index contributed by atoms with van der Waals surface area (Å²) in [6.07, 6.45) is 2.82. The molecular formula is C13H10BrFN2O2. The summed E-state index contributed by atoms with van der Waals surface area (Å²) in [5, 5.41) is 12.0. The lowest BCUT2D eigenvalue weighted by Gasteiger charge is -2.12. The van der Waals surface area contributed by atoms with Crippen LogP contribution in [0.2, 0.25) is 0 Å². The highest BCUT2D eigenvalue weighted by Gasteiger charge is 2.12. The van der Waals surface area contributed by atoms with E-state index in [-0.39, 0.29) is 11.4 Å². The summed E-state index contributed by atoms with van der Waals surface area (Å²) in [5.41, 5.74) is 1.75. The van der Waals surface area contributed by atoms with Crippen LogP contribution in [0, 0.1) is 12.7 Å². The third-order valence-electron chi connectivity index (χ3n) is 2.59. The molecule has 0 aliphatic heterocycles. The minimum Gasteiger partial charge on any atom is -0.478 e. The van der Waals surface area contributed by atoms with Gasteiger partial charge in [-0.15, -0.1) is 0 Å². The van der Waals surface area contributed by atoms with Crippen molar-refractivity contribution in [3.05, 3.63) is 52.0 Å². The smallest absolute Gasteiger partial charge is 0.337 e. The molecule has 2 aromatic rings. The molecule has 1 aromatic carbocycles. The molecule has 0 amide bonds. The van der Waals surface area contributed by atoms with Crippen LogP contribution in [-0.2, 0) is 0 Å². The Morgan fingerprint density at radius 1 is 1.42 bits per heavy atom. The van der Waals surface area contributed by atoms with E-state index in [1.165, 1.54) is 24.5 Å². The van der Waals surface area contributed by atoms with Crippen molar-refractivity contribution in [3.63, 3.8) is 0 Å². The Morgan fingerprint density at radius 2 is 2.16 bits per heavy atom. The van der Waals surface area contributed by atoms with Gasteiger partial charge in [-0.2, -0.15) is 0 Å². The number of anilines is 2. The number of rotatable bonds is 3. The summed E-state index contributed by atoms with van der Waals surface area (Å²) in [6, 6.07) is 4.32. The van der Waals surface area contributed by atoms with Crippen molar-refractivity contribution in [1.29, 1.82) is 0 Å². The van der Waals surface area contributed by atoms with E-state index in [0.717, 1.165) is 0 Å². The molecule has 0 spiro atoms. The van der Waals surface area contributed by atoms with Gasteiger partial charge in [0.25, 0.3) is 0 Å². The van der Waals surface area contributed by atoms with E-state index in [2.05, 4.69) is 26.2 Å². The predicted octanol–water partition coefficient (Wildman–Crippen LogP) is 3.73. The molecule has 0 saturated heterocycles. The van der Waals surface area contributed by atoms with E-state index in [0.29, 0.717) is 21.4 Å². The highest BCUT2D eigenvalue weighted by Crippen LogP contribution is 2.28. The standard InChI is InChI=1S/C13H10BrFN2O2/c1-7-4-10(15)9(14)5-11(7)17-12-6-16-3-2-8(12)13(18)19/h2-6,17H,1H3,(H,18,19). The van der Waals surface area contributed by atoms with Crippen LogP contribution < -0.4 is 5.32 Å². The van der Waals surface area contributed by atoms with E-state index in [9.17, 15) is 9.18 Å². The summed E-state index contributed by atoms with van der Waals surface area (Å²) in [7, 11) is 0. The highest BCUT2D eigenvalue weighted by molar-refractivity contribution is 9.10. The maximum Gasteiger partial charge on any atom is 0.337 e. The van der Waals surface area contributed by atoms with Crippen LogP contribution in [0.4, 0.5) is 15.8 Å². The van der Waals surface area contributed by atoms with E-state index in [1.807, 2.05) is 0 Å². The SMILES string of the molecule is Cc1cc(F)c(Br)cc1Nc1cnccc1C(=O)O. The number of pyridine rings is 1. The number of benzene rings is 1. The Bertz CT molecular complexity index is 647. The van der Waals surface area contributed by atoms with Gasteiger partial charge in [0.15, 0.2) is 0 Å². The minimum absolute atomic E-state index is 0.106. The first-order valence-electron chi connectivity index (χ1n) is 5.39. The van der Waals surface area contributed by atoms with E-state index in [1.54, 1.807) is 13.0 Å². The zero-order valence-corrected chi connectivity index (χ0v) is 11.5. The molecule has 4 nitrogen and oxygen atoms in total. The van der Waals surface area contributed by atoms with Crippen LogP contribution in [-0.4, -0.2) is 16.1 Å². The second-order valence-electron chi connectivity index (χ2n) is 3.93. The molecule has 98 valence electrons. The molecule has 0 fully saturated rings. The summed E-state index contributed by atoms with van der Waals surface area (Å²) < 4.78 is 13.6. The summed E-state index contributed by atoms with van der Waals surface area (Å²) in [5.74, 6) is -1.42. The fourth-order valence-electron chi connectivity index (χ4n) is 1.61. The van der Waals surface area contributed by atoms with Crippen LogP contribution in [0.3, 0.4) is 0 Å². The Labute approximate surface area is 117 Å². The first-order valence-corrected chi connectivity index (χ1v) is 6.18. The van der Waals surface area contributed by atoms with Gasteiger partial charge in [-0.1, -0.05) is 0 Å². The molecule has 0 aliphatic carbocycles. The van der Waals surface area contributed by atoms with Gasteiger partial charge in [0, 0.05) is 11.9 Å². The largest absolute Gasteiger partial charge is 0.478 e. The normalized spacial score (nSPS) is 10.3. The number of nitrogens with one attached hydrogen (secondary N) is 1. The van der Waals surface area contributed by atoms with Crippen LogP contribution in [0.1, 0.15) is 15.9 Å². The molecule has 0 unspecified atom stereocenters. The first-order chi connectivity index (χ1) is 8.99. The number of aryl methyl sites for hydroxylation is 1. The monoisotopic (exact) mass is 324 g/mol. The topological polar surface area (TPSA) is 62.2 Å². The van der Waals surface area contributed by atoms with Crippen molar-refractivity contribution in [3.8, 4) is 0 Å². The van der Waals surface area contributed by atoms with Gasteiger partial charge in [-0.25, -0.2) is 9.18 Å². The average molecular weight is 325 g/mol. The fourth-order valence-corrected chi connectivity index (χ4v) is 1.95. The van der Waals surface area contributed by atoms with Crippen molar-refractivity contribution in [2.45, 2.75) is 6.92 Å². The Hall–Kier alpha value is -1.95. The maximum atomic E-state index is 13.3. The third kappa shape index (κ3) is 2.90. The number of carbonyl (C=O) groups is 1. The molecule has 0 aliphatic rings. The minimum atomic E-state index is -1.05. The van der Waals surface area contributed by atoms with Crippen LogP contribution in [0.15, 0.2) is 35.1 Å². The number of aromatic carboxylic acids is 1. The van der Waals surface area contributed by atoms with Gasteiger partial charge in [0.2, 0.25) is 0 Å². The fraction of sp³-hybridized carbons (Fsp3) is 0.0769. The van der Waals surface area contributed by atoms with Crippen molar-refractivity contribution in [2.75, 3.05) is 5.32 Å². The molecule has 2 N–H and O–H groups in total. The van der Waals surface area contributed by atoms with E-state index >= 15 is 0 Å². The molecule has 1 aromatic heterocycles. The lowest BCUT2D eigenvalue weighted by molar-refractivity contribution is 0.0698. The number of carboxylic acids is 1. The molecule has 6 heteroatoms. The summed E-state index contributed by atoms with van der Waals surface area (Å²) >= 11 is 3.09. The number of hydrogen-bond donors (Lipinski definition) is 2. The molecule has 2 rings (SSSR count). The number of nitrogens with zero attached hydrogens (tertiary/aromatic N) is 1. The number of carboxylic acid groups (broad SMARTS) is 1. The van der Waals surface area contributed by atoms with Gasteiger partial charge < -0.3 is 10.4 Å². The van der Waals surface area contributed by atoms with Crippen molar-refractivity contribution < 1.29 is 14.3 Å². The van der Waals surface area contributed by atoms with Gasteiger partial charge in [0.05, 0.1) is 21.9 Å². The Morgan fingerprint density at radius 3 is 2.84 bits per heavy atom. The van der Waals surface area contributed by atoms with Gasteiger partial charge in [0.1, 0.15) is 5.82 Å². The Balaban J connectivity index is 2.42. The van der Waals surface area contributed by atoms with Crippen LogP contribution in [0.5, 0.6) is 0 Å². The molecule has 0 radical (unpaired) electrons. The summed E-state index contributed by atoms with van der Waals surface area (Å²) in [6.45, 7) is 1.73. The van der Waals surface area contributed by atoms with Gasteiger partial charge in [-0.3, -0.25) is 4.98 Å². The van der Waals surface area contributed by atoms with E-state index in [4.69, 9.17) is 5.11 Å². The van der Waals surface area contributed by atoms with Crippen molar-refractivity contribution in [2.24, 2.45) is 0 Å². The molecule has 1 heterocycles. The maximum absolute atomic E-state index is 13.3. The van der Waals surface area contributed by atoms with Crippen LogP contribution >= 0.6 is 15.9 Å². The lowest BCUT2D eigenvalue weighted by atomic mass is 10.1. The number of halogens is 2. The molecule has 0 bridgehead atoms.